The first-order chi connectivity index (χ1) is 9.07. The van der Waals surface area contributed by atoms with E-state index in [-0.39, 0.29) is 6.04 Å². The Morgan fingerprint density at radius 3 is 2.47 bits per heavy atom. The molecule has 0 amide bonds. The smallest absolute Gasteiger partial charge is 0.0968 e. The molecule has 4 heteroatoms. The Morgan fingerprint density at radius 2 is 1.84 bits per heavy atom. The van der Waals surface area contributed by atoms with E-state index in [2.05, 4.69) is 41.8 Å². The van der Waals surface area contributed by atoms with E-state index < -0.39 is 6.10 Å². The standard InChI is InChI=1S/C15H27BrN2O/c1-4-5-6-7-8-9-10-14(19)15-13(16)11-17-18(15)12(2)3/h11-12,14,19H,4-10H2,1-3H3. The van der Waals surface area contributed by atoms with Crippen molar-refractivity contribution in [2.75, 3.05) is 0 Å². The molecule has 1 aromatic rings. The van der Waals surface area contributed by atoms with Crippen LogP contribution in [0.5, 0.6) is 0 Å². The zero-order chi connectivity index (χ0) is 14.3. The van der Waals surface area contributed by atoms with Gasteiger partial charge in [0.05, 0.1) is 22.5 Å². The van der Waals surface area contributed by atoms with E-state index in [9.17, 15) is 5.11 Å². The molecular weight excluding hydrogens is 304 g/mol. The Labute approximate surface area is 125 Å². The van der Waals surface area contributed by atoms with Crippen molar-refractivity contribution in [3.63, 3.8) is 0 Å². The van der Waals surface area contributed by atoms with Crippen LogP contribution in [0.2, 0.25) is 0 Å². The van der Waals surface area contributed by atoms with E-state index in [4.69, 9.17) is 0 Å². The predicted octanol–water partition coefficient (Wildman–Crippen LogP) is 5.01. The highest BCUT2D eigenvalue weighted by atomic mass is 79.9. The van der Waals surface area contributed by atoms with Crippen molar-refractivity contribution in [2.45, 2.75) is 77.9 Å². The fourth-order valence-electron chi connectivity index (χ4n) is 2.33. The van der Waals surface area contributed by atoms with E-state index in [0.29, 0.717) is 0 Å². The lowest BCUT2D eigenvalue weighted by Crippen LogP contribution is -2.11. The van der Waals surface area contributed by atoms with Crippen molar-refractivity contribution in [2.24, 2.45) is 0 Å². The van der Waals surface area contributed by atoms with Gasteiger partial charge in [0.15, 0.2) is 0 Å². The third-order valence-corrected chi connectivity index (χ3v) is 4.03. The van der Waals surface area contributed by atoms with E-state index in [0.717, 1.165) is 23.0 Å². The van der Waals surface area contributed by atoms with Crippen LogP contribution in [0.1, 0.15) is 83.6 Å². The summed E-state index contributed by atoms with van der Waals surface area (Å²) in [6, 6.07) is 0.278. The summed E-state index contributed by atoms with van der Waals surface area (Å²) >= 11 is 3.49. The lowest BCUT2D eigenvalue weighted by Gasteiger charge is -2.16. The monoisotopic (exact) mass is 330 g/mol. The average molecular weight is 331 g/mol. The zero-order valence-corrected chi connectivity index (χ0v) is 14.0. The second kappa shape index (κ2) is 8.75. The number of aromatic nitrogens is 2. The summed E-state index contributed by atoms with van der Waals surface area (Å²) in [5.74, 6) is 0. The third kappa shape index (κ3) is 5.27. The number of hydrogen-bond acceptors (Lipinski definition) is 2. The van der Waals surface area contributed by atoms with Crippen LogP contribution in [0, 0.1) is 0 Å². The molecule has 1 heterocycles. The van der Waals surface area contributed by atoms with Gasteiger partial charge in [-0.15, -0.1) is 0 Å². The van der Waals surface area contributed by atoms with Gasteiger partial charge >= 0.3 is 0 Å². The topological polar surface area (TPSA) is 38.1 Å². The number of rotatable bonds is 9. The number of halogens is 1. The first-order valence-corrected chi connectivity index (χ1v) is 8.28. The largest absolute Gasteiger partial charge is 0.387 e. The van der Waals surface area contributed by atoms with E-state index in [1.165, 1.54) is 32.1 Å². The maximum atomic E-state index is 10.3. The molecule has 0 fully saturated rings. The Hall–Kier alpha value is -0.350. The van der Waals surface area contributed by atoms with Crippen molar-refractivity contribution in [3.05, 3.63) is 16.4 Å². The molecule has 0 aliphatic carbocycles. The highest BCUT2D eigenvalue weighted by Crippen LogP contribution is 2.29. The number of aliphatic hydroxyl groups excluding tert-OH is 1. The Morgan fingerprint density at radius 1 is 1.21 bits per heavy atom. The summed E-state index contributed by atoms with van der Waals surface area (Å²) in [7, 11) is 0. The van der Waals surface area contributed by atoms with Gasteiger partial charge in [-0.1, -0.05) is 45.4 Å². The van der Waals surface area contributed by atoms with Crippen LogP contribution >= 0.6 is 15.9 Å². The molecule has 0 saturated heterocycles. The molecule has 1 rings (SSSR count). The predicted molar refractivity (Wildman–Crippen MR) is 83.3 cm³/mol. The summed E-state index contributed by atoms with van der Waals surface area (Å²) in [6.45, 7) is 6.40. The van der Waals surface area contributed by atoms with Crippen LogP contribution in [-0.2, 0) is 0 Å². The number of nitrogens with zero attached hydrogens (tertiary/aromatic N) is 2. The zero-order valence-electron chi connectivity index (χ0n) is 12.4. The number of unbranched alkanes of at least 4 members (excludes halogenated alkanes) is 5. The fraction of sp³-hybridized carbons (Fsp3) is 0.800. The summed E-state index contributed by atoms with van der Waals surface area (Å²) in [6.07, 6.45) is 9.70. The van der Waals surface area contributed by atoms with Gasteiger partial charge in [-0.05, 0) is 36.2 Å². The molecule has 1 unspecified atom stereocenters. The van der Waals surface area contributed by atoms with Crippen LogP contribution in [0.15, 0.2) is 10.7 Å². The summed E-state index contributed by atoms with van der Waals surface area (Å²) in [4.78, 5) is 0. The number of aliphatic hydroxyl groups is 1. The summed E-state index contributed by atoms with van der Waals surface area (Å²) < 4.78 is 2.82. The van der Waals surface area contributed by atoms with Gasteiger partial charge in [0.25, 0.3) is 0 Å². The molecule has 0 radical (unpaired) electrons. The molecule has 1 atom stereocenters. The van der Waals surface area contributed by atoms with E-state index >= 15 is 0 Å². The summed E-state index contributed by atoms with van der Waals surface area (Å²) in [5.41, 5.74) is 0.920. The first-order valence-electron chi connectivity index (χ1n) is 7.48. The van der Waals surface area contributed by atoms with E-state index in [1.807, 2.05) is 4.68 Å². The quantitative estimate of drug-likeness (QED) is 0.646. The molecular formula is C15H27BrN2O. The Kier molecular flexibility index (Phi) is 7.69. The van der Waals surface area contributed by atoms with Gasteiger partial charge in [0.2, 0.25) is 0 Å². The molecule has 1 aromatic heterocycles. The van der Waals surface area contributed by atoms with E-state index in [1.54, 1.807) is 6.20 Å². The van der Waals surface area contributed by atoms with Gasteiger partial charge < -0.3 is 5.11 Å². The molecule has 19 heavy (non-hydrogen) atoms. The number of hydrogen-bond donors (Lipinski definition) is 1. The molecule has 3 nitrogen and oxygen atoms in total. The van der Waals surface area contributed by atoms with Gasteiger partial charge in [-0.25, -0.2) is 0 Å². The highest BCUT2D eigenvalue weighted by Gasteiger charge is 2.18. The van der Waals surface area contributed by atoms with Gasteiger partial charge in [0.1, 0.15) is 0 Å². The minimum atomic E-state index is -0.412. The fourth-order valence-corrected chi connectivity index (χ4v) is 2.87. The van der Waals surface area contributed by atoms with Crippen molar-refractivity contribution in [3.8, 4) is 0 Å². The molecule has 0 spiro atoms. The first kappa shape index (κ1) is 16.7. The van der Waals surface area contributed by atoms with Crippen molar-refractivity contribution in [1.29, 1.82) is 0 Å². The average Bonchev–Trinajstić information content (AvgIpc) is 2.75. The van der Waals surface area contributed by atoms with Crippen molar-refractivity contribution >= 4 is 15.9 Å². The molecule has 0 saturated carbocycles. The maximum absolute atomic E-state index is 10.3. The van der Waals surface area contributed by atoms with Gasteiger partial charge in [-0.3, -0.25) is 4.68 Å². The second-order valence-corrected chi connectivity index (χ2v) is 6.34. The van der Waals surface area contributed by atoms with Crippen LogP contribution < -0.4 is 0 Å². The molecule has 0 aliphatic rings. The van der Waals surface area contributed by atoms with Gasteiger partial charge in [0, 0.05) is 6.04 Å². The minimum Gasteiger partial charge on any atom is -0.387 e. The highest BCUT2D eigenvalue weighted by molar-refractivity contribution is 9.10. The van der Waals surface area contributed by atoms with Gasteiger partial charge in [-0.2, -0.15) is 5.10 Å². The molecule has 0 aliphatic heterocycles. The van der Waals surface area contributed by atoms with Crippen LogP contribution in [0.3, 0.4) is 0 Å². The normalized spacial score (nSPS) is 13.2. The van der Waals surface area contributed by atoms with Crippen molar-refractivity contribution in [1.82, 2.24) is 9.78 Å². The minimum absolute atomic E-state index is 0.278. The second-order valence-electron chi connectivity index (χ2n) is 5.49. The Bertz CT molecular complexity index is 363. The molecule has 0 bridgehead atoms. The van der Waals surface area contributed by atoms with Crippen LogP contribution in [0.25, 0.3) is 0 Å². The third-order valence-electron chi connectivity index (χ3n) is 3.42. The molecule has 1 N–H and O–H groups in total. The molecule has 0 aromatic carbocycles. The maximum Gasteiger partial charge on any atom is 0.0968 e. The summed E-state index contributed by atoms with van der Waals surface area (Å²) in [5, 5.41) is 14.6. The molecule has 110 valence electrons. The van der Waals surface area contributed by atoms with Crippen LogP contribution in [-0.4, -0.2) is 14.9 Å². The van der Waals surface area contributed by atoms with Crippen molar-refractivity contribution < 1.29 is 5.11 Å². The SMILES string of the molecule is CCCCCCCCC(O)c1c(Br)cnn1C(C)C. The lowest BCUT2D eigenvalue weighted by molar-refractivity contribution is 0.149. The van der Waals surface area contributed by atoms with Crippen LogP contribution in [0.4, 0.5) is 0 Å². The Balaban J connectivity index is 2.41. The lowest BCUT2D eigenvalue weighted by atomic mass is 10.1.